The van der Waals surface area contributed by atoms with Crippen LogP contribution in [0.25, 0.3) is 0 Å². The number of sulfonamides is 1. The Balaban J connectivity index is 2.00. The minimum absolute atomic E-state index is 0.0969. The summed E-state index contributed by atoms with van der Waals surface area (Å²) in [6.45, 7) is 4.08. The van der Waals surface area contributed by atoms with Crippen LogP contribution >= 0.6 is 0 Å². The second-order valence-electron chi connectivity index (χ2n) is 5.01. The van der Waals surface area contributed by atoms with Crippen LogP contribution in [0.3, 0.4) is 0 Å². The first-order valence-electron chi connectivity index (χ1n) is 7.04. The predicted octanol–water partition coefficient (Wildman–Crippen LogP) is 1.91. The van der Waals surface area contributed by atoms with Gasteiger partial charge in [0, 0.05) is 6.54 Å². The molecule has 0 unspecified atom stereocenters. The summed E-state index contributed by atoms with van der Waals surface area (Å²) in [7, 11) is -3.35. The molecule has 0 bridgehead atoms. The third kappa shape index (κ3) is 3.49. The number of nitrogens with one attached hydrogen (secondary N) is 1. The van der Waals surface area contributed by atoms with Crippen LogP contribution in [0, 0.1) is 5.82 Å². The van der Waals surface area contributed by atoms with Crippen molar-refractivity contribution in [2.75, 3.05) is 29.7 Å². The zero-order valence-electron chi connectivity index (χ0n) is 11.7. The van der Waals surface area contributed by atoms with Crippen LogP contribution < -0.4 is 9.62 Å². The highest BCUT2D eigenvalue weighted by Gasteiger charge is 2.29. The molecular weight excluding hydrogens is 279 g/mol. The SMILES string of the molecule is CCCNCCCS(=O)(=O)N1CCc2ccc(F)cc21. The summed E-state index contributed by atoms with van der Waals surface area (Å²) >= 11 is 0. The van der Waals surface area contributed by atoms with E-state index in [-0.39, 0.29) is 5.75 Å². The van der Waals surface area contributed by atoms with E-state index < -0.39 is 15.8 Å². The lowest BCUT2D eigenvalue weighted by atomic mass is 10.2. The number of hydrogen-bond acceptors (Lipinski definition) is 3. The Hall–Kier alpha value is -1.14. The van der Waals surface area contributed by atoms with Gasteiger partial charge < -0.3 is 5.32 Å². The molecule has 2 rings (SSSR count). The highest BCUT2D eigenvalue weighted by molar-refractivity contribution is 7.92. The molecule has 1 N–H and O–H groups in total. The van der Waals surface area contributed by atoms with Gasteiger partial charge >= 0.3 is 0 Å². The molecule has 0 aliphatic carbocycles. The topological polar surface area (TPSA) is 49.4 Å². The summed E-state index contributed by atoms with van der Waals surface area (Å²) in [4.78, 5) is 0. The van der Waals surface area contributed by atoms with Gasteiger partial charge in [-0.3, -0.25) is 4.31 Å². The number of hydrogen-bond donors (Lipinski definition) is 1. The van der Waals surface area contributed by atoms with Gasteiger partial charge in [-0.25, -0.2) is 12.8 Å². The molecule has 0 atom stereocenters. The first-order chi connectivity index (χ1) is 9.54. The van der Waals surface area contributed by atoms with Gasteiger partial charge in [0.2, 0.25) is 10.0 Å². The largest absolute Gasteiger partial charge is 0.317 e. The van der Waals surface area contributed by atoms with Crippen molar-refractivity contribution in [3.63, 3.8) is 0 Å². The summed E-state index contributed by atoms with van der Waals surface area (Å²) < 4.78 is 39.3. The van der Waals surface area contributed by atoms with Crippen molar-refractivity contribution in [2.24, 2.45) is 0 Å². The maximum absolute atomic E-state index is 13.3. The average molecular weight is 300 g/mol. The summed E-state index contributed by atoms with van der Waals surface area (Å²) in [5, 5.41) is 3.18. The normalized spacial score (nSPS) is 14.6. The van der Waals surface area contributed by atoms with Crippen LogP contribution in [-0.4, -0.2) is 33.8 Å². The molecule has 0 saturated heterocycles. The summed E-state index contributed by atoms with van der Waals surface area (Å²) in [5.41, 5.74) is 1.41. The molecule has 1 heterocycles. The van der Waals surface area contributed by atoms with Crippen molar-refractivity contribution in [3.05, 3.63) is 29.6 Å². The fourth-order valence-electron chi connectivity index (χ4n) is 2.40. The van der Waals surface area contributed by atoms with E-state index in [0.29, 0.717) is 31.6 Å². The summed E-state index contributed by atoms with van der Waals surface area (Å²) in [5.74, 6) is -0.296. The van der Waals surface area contributed by atoms with Gasteiger partial charge in [-0.1, -0.05) is 13.0 Å². The fraction of sp³-hybridized carbons (Fsp3) is 0.571. The van der Waals surface area contributed by atoms with E-state index in [4.69, 9.17) is 0 Å². The first kappa shape index (κ1) is 15.3. The van der Waals surface area contributed by atoms with Crippen molar-refractivity contribution in [3.8, 4) is 0 Å². The molecule has 0 fully saturated rings. The molecule has 1 aliphatic heterocycles. The number of halogens is 1. The van der Waals surface area contributed by atoms with Gasteiger partial charge in [-0.05, 0) is 50.0 Å². The molecule has 1 aromatic rings. The van der Waals surface area contributed by atoms with Crippen LogP contribution in [-0.2, 0) is 16.4 Å². The lowest BCUT2D eigenvalue weighted by molar-refractivity contribution is 0.584. The Morgan fingerprint density at radius 2 is 2.15 bits per heavy atom. The summed E-state index contributed by atoms with van der Waals surface area (Å²) in [6, 6.07) is 4.36. The lowest BCUT2D eigenvalue weighted by Crippen LogP contribution is -2.32. The van der Waals surface area contributed by atoms with E-state index in [0.717, 1.165) is 18.5 Å². The zero-order chi connectivity index (χ0) is 14.6. The number of fused-ring (bicyclic) bond motifs is 1. The molecule has 112 valence electrons. The molecule has 0 saturated carbocycles. The van der Waals surface area contributed by atoms with Crippen LogP contribution in [0.5, 0.6) is 0 Å². The standard InChI is InChI=1S/C14H21FN2O2S/c1-2-7-16-8-3-10-20(18,19)17-9-6-12-4-5-13(15)11-14(12)17/h4-5,11,16H,2-3,6-10H2,1H3. The fourth-order valence-corrected chi connectivity index (χ4v) is 3.97. The van der Waals surface area contributed by atoms with Crippen molar-refractivity contribution >= 4 is 15.7 Å². The quantitative estimate of drug-likeness (QED) is 0.783. The Bertz CT molecular complexity index is 560. The van der Waals surface area contributed by atoms with Crippen molar-refractivity contribution in [1.29, 1.82) is 0 Å². The third-order valence-electron chi connectivity index (χ3n) is 3.42. The molecule has 1 aliphatic rings. The van der Waals surface area contributed by atoms with E-state index >= 15 is 0 Å². The van der Waals surface area contributed by atoms with Gasteiger partial charge in [0.05, 0.1) is 11.4 Å². The van der Waals surface area contributed by atoms with E-state index in [1.807, 2.05) is 0 Å². The minimum Gasteiger partial charge on any atom is -0.317 e. The second-order valence-corrected chi connectivity index (χ2v) is 7.03. The molecule has 0 radical (unpaired) electrons. The van der Waals surface area contributed by atoms with Crippen LogP contribution in [0.1, 0.15) is 25.3 Å². The highest BCUT2D eigenvalue weighted by atomic mass is 32.2. The monoisotopic (exact) mass is 300 g/mol. The molecule has 6 heteroatoms. The molecule has 0 spiro atoms. The van der Waals surface area contributed by atoms with Crippen molar-refractivity contribution in [1.82, 2.24) is 5.32 Å². The number of nitrogens with zero attached hydrogens (tertiary/aromatic N) is 1. The zero-order valence-corrected chi connectivity index (χ0v) is 12.5. The van der Waals surface area contributed by atoms with Crippen molar-refractivity contribution < 1.29 is 12.8 Å². The van der Waals surface area contributed by atoms with Gasteiger partial charge in [-0.15, -0.1) is 0 Å². The maximum atomic E-state index is 13.3. The molecule has 0 amide bonds. The van der Waals surface area contributed by atoms with E-state index in [2.05, 4.69) is 12.2 Å². The maximum Gasteiger partial charge on any atom is 0.235 e. The van der Waals surface area contributed by atoms with E-state index in [1.54, 1.807) is 6.07 Å². The molecular formula is C14H21FN2O2S. The van der Waals surface area contributed by atoms with Gasteiger partial charge in [0.15, 0.2) is 0 Å². The number of rotatable bonds is 7. The van der Waals surface area contributed by atoms with Gasteiger partial charge in [0.25, 0.3) is 0 Å². The predicted molar refractivity (Wildman–Crippen MR) is 79.0 cm³/mol. The molecule has 4 nitrogen and oxygen atoms in total. The Morgan fingerprint density at radius 3 is 2.90 bits per heavy atom. The van der Waals surface area contributed by atoms with Gasteiger partial charge in [-0.2, -0.15) is 0 Å². The molecule has 20 heavy (non-hydrogen) atoms. The smallest absolute Gasteiger partial charge is 0.235 e. The second kappa shape index (κ2) is 6.54. The first-order valence-corrected chi connectivity index (χ1v) is 8.65. The lowest BCUT2D eigenvalue weighted by Gasteiger charge is -2.19. The Labute approximate surface area is 120 Å². The van der Waals surface area contributed by atoms with Crippen LogP contribution in [0.15, 0.2) is 18.2 Å². The Morgan fingerprint density at radius 1 is 1.35 bits per heavy atom. The molecule has 1 aromatic carbocycles. The highest BCUT2D eigenvalue weighted by Crippen LogP contribution is 2.31. The van der Waals surface area contributed by atoms with Crippen LogP contribution in [0.2, 0.25) is 0 Å². The van der Waals surface area contributed by atoms with Crippen LogP contribution in [0.4, 0.5) is 10.1 Å². The van der Waals surface area contributed by atoms with E-state index in [1.165, 1.54) is 16.4 Å². The Kier molecular flexibility index (Phi) is 4.99. The van der Waals surface area contributed by atoms with Crippen molar-refractivity contribution in [2.45, 2.75) is 26.2 Å². The average Bonchev–Trinajstić information content (AvgIpc) is 2.82. The third-order valence-corrected chi connectivity index (χ3v) is 5.27. The number of anilines is 1. The number of benzene rings is 1. The minimum atomic E-state index is -3.35. The van der Waals surface area contributed by atoms with Gasteiger partial charge in [0.1, 0.15) is 5.82 Å². The summed E-state index contributed by atoms with van der Waals surface area (Å²) in [6.07, 6.45) is 2.26. The molecule has 0 aromatic heterocycles. The van der Waals surface area contributed by atoms with E-state index in [9.17, 15) is 12.8 Å².